The highest BCUT2D eigenvalue weighted by Crippen LogP contribution is 2.18. The van der Waals surface area contributed by atoms with E-state index < -0.39 is 35.9 Å². The van der Waals surface area contributed by atoms with E-state index in [2.05, 4.69) is 16.0 Å². The van der Waals surface area contributed by atoms with Gasteiger partial charge in [-0.2, -0.15) is 11.8 Å². The number of thioether (sulfide) groups is 1. The van der Waals surface area contributed by atoms with Crippen molar-refractivity contribution in [1.82, 2.24) is 16.0 Å². The SMILES string of the molecule is CCSC[C@H](NC(=O)[C@H](C)NC(=O)[C@@H](NC(=O)CC(C)(C)C)C(C)C)C(=O)O. The van der Waals surface area contributed by atoms with Crippen molar-refractivity contribution in [3.8, 4) is 0 Å². The van der Waals surface area contributed by atoms with Gasteiger partial charge in [-0.1, -0.05) is 41.5 Å². The summed E-state index contributed by atoms with van der Waals surface area (Å²) in [5, 5.41) is 16.9. The van der Waals surface area contributed by atoms with Gasteiger partial charge in [0.05, 0.1) is 0 Å². The van der Waals surface area contributed by atoms with Crippen molar-refractivity contribution in [3.63, 3.8) is 0 Å². The lowest BCUT2D eigenvalue weighted by atomic mass is 9.91. The summed E-state index contributed by atoms with van der Waals surface area (Å²) in [4.78, 5) is 48.3. The molecule has 0 rings (SSSR count). The van der Waals surface area contributed by atoms with E-state index in [1.807, 2.05) is 27.7 Å². The maximum Gasteiger partial charge on any atom is 0.327 e. The Morgan fingerprint density at radius 1 is 0.964 bits per heavy atom. The summed E-state index contributed by atoms with van der Waals surface area (Å²) in [5.74, 6) is -1.61. The molecule has 3 atom stereocenters. The lowest BCUT2D eigenvalue weighted by Crippen LogP contribution is -2.56. The van der Waals surface area contributed by atoms with Crippen LogP contribution in [0.1, 0.15) is 54.9 Å². The first kappa shape index (κ1) is 26.2. The number of hydrogen-bond donors (Lipinski definition) is 4. The summed E-state index contributed by atoms with van der Waals surface area (Å²) >= 11 is 1.40. The predicted molar refractivity (Wildman–Crippen MR) is 111 cm³/mol. The standard InChI is InChI=1S/C19H35N3O5S/c1-8-28-10-13(18(26)27)21-16(24)12(4)20-17(25)15(11(2)3)22-14(23)9-19(5,6)7/h11-13,15H,8-10H2,1-7H3,(H,20,25)(H,21,24)(H,22,23)(H,26,27)/t12-,13-,15-/m0/s1. The molecule has 9 heteroatoms. The van der Waals surface area contributed by atoms with Gasteiger partial charge in [-0.15, -0.1) is 0 Å². The fourth-order valence-corrected chi connectivity index (χ4v) is 3.01. The first-order valence-electron chi connectivity index (χ1n) is 9.49. The highest BCUT2D eigenvalue weighted by Gasteiger charge is 2.29. The molecule has 3 amide bonds. The molecule has 0 bridgehead atoms. The van der Waals surface area contributed by atoms with Gasteiger partial charge in [0, 0.05) is 12.2 Å². The molecular weight excluding hydrogens is 382 g/mol. The number of aliphatic carboxylic acids is 1. The van der Waals surface area contributed by atoms with Gasteiger partial charge < -0.3 is 21.1 Å². The summed E-state index contributed by atoms with van der Waals surface area (Å²) in [7, 11) is 0. The summed E-state index contributed by atoms with van der Waals surface area (Å²) in [6, 6.07) is -2.73. The Kier molecular flexibility index (Phi) is 11.2. The molecule has 4 N–H and O–H groups in total. The number of carbonyl (C=O) groups excluding carboxylic acids is 3. The van der Waals surface area contributed by atoms with E-state index in [1.165, 1.54) is 18.7 Å². The fraction of sp³-hybridized carbons (Fsp3) is 0.789. The zero-order chi connectivity index (χ0) is 22.1. The Morgan fingerprint density at radius 3 is 1.96 bits per heavy atom. The van der Waals surface area contributed by atoms with Gasteiger partial charge in [0.25, 0.3) is 0 Å². The van der Waals surface area contributed by atoms with Crippen LogP contribution >= 0.6 is 11.8 Å². The second-order valence-corrected chi connectivity index (χ2v) is 9.63. The van der Waals surface area contributed by atoms with Crippen LogP contribution in [0.4, 0.5) is 0 Å². The van der Waals surface area contributed by atoms with Gasteiger partial charge in [-0.05, 0) is 24.0 Å². The minimum absolute atomic E-state index is 0.174. The van der Waals surface area contributed by atoms with Crippen molar-refractivity contribution in [2.24, 2.45) is 11.3 Å². The average Bonchev–Trinajstić information content (AvgIpc) is 2.53. The van der Waals surface area contributed by atoms with Crippen LogP contribution < -0.4 is 16.0 Å². The summed E-state index contributed by atoms with van der Waals surface area (Å²) in [5.41, 5.74) is -0.211. The van der Waals surface area contributed by atoms with Crippen LogP contribution in [-0.2, 0) is 19.2 Å². The van der Waals surface area contributed by atoms with Crippen LogP contribution in [0.15, 0.2) is 0 Å². The minimum Gasteiger partial charge on any atom is -0.480 e. The summed E-state index contributed by atoms with van der Waals surface area (Å²) in [6.07, 6.45) is 0.273. The molecule has 0 heterocycles. The van der Waals surface area contributed by atoms with Crippen molar-refractivity contribution in [2.75, 3.05) is 11.5 Å². The Bertz CT molecular complexity index is 560. The topological polar surface area (TPSA) is 125 Å². The molecule has 0 unspecified atom stereocenters. The van der Waals surface area contributed by atoms with Gasteiger partial charge >= 0.3 is 5.97 Å². The van der Waals surface area contributed by atoms with Gasteiger partial charge in [0.15, 0.2) is 0 Å². The molecule has 0 saturated heterocycles. The smallest absolute Gasteiger partial charge is 0.327 e. The van der Waals surface area contributed by atoms with Crippen molar-refractivity contribution in [2.45, 2.75) is 73.0 Å². The number of rotatable bonds is 11. The average molecular weight is 418 g/mol. The van der Waals surface area contributed by atoms with Crippen molar-refractivity contribution < 1.29 is 24.3 Å². The molecule has 0 radical (unpaired) electrons. The zero-order valence-corrected chi connectivity index (χ0v) is 18.7. The lowest BCUT2D eigenvalue weighted by Gasteiger charge is -2.26. The summed E-state index contributed by atoms with van der Waals surface area (Å²) in [6.45, 7) is 12.8. The van der Waals surface area contributed by atoms with Gasteiger partial charge in [-0.3, -0.25) is 14.4 Å². The van der Waals surface area contributed by atoms with E-state index in [0.717, 1.165) is 5.75 Å². The molecular formula is C19H35N3O5S. The molecule has 0 aliphatic carbocycles. The quantitative estimate of drug-likeness (QED) is 0.403. The first-order chi connectivity index (χ1) is 12.8. The number of carbonyl (C=O) groups is 4. The van der Waals surface area contributed by atoms with Crippen LogP contribution in [-0.4, -0.2) is 58.4 Å². The van der Waals surface area contributed by atoms with Crippen LogP contribution in [0.5, 0.6) is 0 Å². The highest BCUT2D eigenvalue weighted by atomic mass is 32.2. The maximum atomic E-state index is 12.6. The maximum absolute atomic E-state index is 12.6. The van der Waals surface area contributed by atoms with E-state index in [9.17, 15) is 24.3 Å². The van der Waals surface area contributed by atoms with E-state index in [4.69, 9.17) is 0 Å². The van der Waals surface area contributed by atoms with Crippen LogP contribution in [0, 0.1) is 11.3 Å². The first-order valence-corrected chi connectivity index (χ1v) is 10.6. The predicted octanol–water partition coefficient (Wildman–Crippen LogP) is 1.39. The molecule has 162 valence electrons. The van der Waals surface area contributed by atoms with E-state index in [-0.39, 0.29) is 29.4 Å². The van der Waals surface area contributed by atoms with Crippen molar-refractivity contribution in [3.05, 3.63) is 0 Å². The number of carboxylic acids is 1. The Hall–Kier alpha value is -1.77. The van der Waals surface area contributed by atoms with Crippen molar-refractivity contribution in [1.29, 1.82) is 0 Å². The van der Waals surface area contributed by atoms with Gasteiger partial charge in [0.1, 0.15) is 18.1 Å². The fourth-order valence-electron chi connectivity index (χ4n) is 2.32. The largest absolute Gasteiger partial charge is 0.480 e. The molecule has 0 fully saturated rings. The molecule has 28 heavy (non-hydrogen) atoms. The minimum atomic E-state index is -1.12. The lowest BCUT2D eigenvalue weighted by molar-refractivity contribution is -0.141. The van der Waals surface area contributed by atoms with E-state index in [0.29, 0.717) is 0 Å². The molecule has 0 saturated carbocycles. The van der Waals surface area contributed by atoms with Gasteiger partial charge in [-0.25, -0.2) is 4.79 Å². The third-order valence-electron chi connectivity index (χ3n) is 3.81. The second kappa shape index (κ2) is 11.9. The molecule has 0 aliphatic rings. The number of amides is 3. The number of nitrogens with one attached hydrogen (secondary N) is 3. The Morgan fingerprint density at radius 2 is 1.54 bits per heavy atom. The summed E-state index contributed by atoms with van der Waals surface area (Å²) < 4.78 is 0. The number of hydrogen-bond acceptors (Lipinski definition) is 5. The molecule has 8 nitrogen and oxygen atoms in total. The van der Waals surface area contributed by atoms with E-state index >= 15 is 0 Å². The van der Waals surface area contributed by atoms with Crippen LogP contribution in [0.2, 0.25) is 0 Å². The van der Waals surface area contributed by atoms with Gasteiger partial charge in [0.2, 0.25) is 17.7 Å². The third kappa shape index (κ3) is 10.5. The second-order valence-electron chi connectivity index (χ2n) is 8.32. The van der Waals surface area contributed by atoms with Crippen LogP contribution in [0.3, 0.4) is 0 Å². The van der Waals surface area contributed by atoms with Crippen molar-refractivity contribution >= 4 is 35.5 Å². The highest BCUT2D eigenvalue weighted by molar-refractivity contribution is 7.99. The van der Waals surface area contributed by atoms with Crippen LogP contribution in [0.25, 0.3) is 0 Å². The molecule has 0 spiro atoms. The third-order valence-corrected chi connectivity index (χ3v) is 4.79. The molecule has 0 aromatic rings. The Labute approximate surface area is 172 Å². The molecule has 0 aromatic carbocycles. The zero-order valence-electron chi connectivity index (χ0n) is 17.9. The van der Waals surface area contributed by atoms with E-state index in [1.54, 1.807) is 13.8 Å². The monoisotopic (exact) mass is 417 g/mol. The Balaban J connectivity index is 4.90. The molecule has 0 aromatic heterocycles. The number of carboxylic acid groups (broad SMARTS) is 1. The molecule has 0 aliphatic heterocycles. The normalized spacial score (nSPS) is 14.7.